The first-order chi connectivity index (χ1) is 16.1. The number of fused-ring (bicyclic) bond motifs is 1. The second kappa shape index (κ2) is 9.57. The fourth-order valence-electron chi connectivity index (χ4n) is 5.15. The smallest absolute Gasteiger partial charge is 0.305 e. The van der Waals surface area contributed by atoms with E-state index in [0.717, 1.165) is 41.5 Å². The zero-order valence-corrected chi connectivity index (χ0v) is 20.0. The molecular formula is C27H32FN3O3. The average molecular weight is 466 g/mol. The van der Waals surface area contributed by atoms with E-state index in [4.69, 9.17) is 10.1 Å². The first kappa shape index (κ1) is 23.9. The Kier molecular flexibility index (Phi) is 6.73. The molecule has 0 aliphatic heterocycles. The molecule has 180 valence electrons. The molecule has 0 spiro atoms. The number of aromatic nitrogens is 1. The summed E-state index contributed by atoms with van der Waals surface area (Å²) < 4.78 is 13.6. The van der Waals surface area contributed by atoms with E-state index >= 15 is 0 Å². The minimum atomic E-state index is -0.930. The summed E-state index contributed by atoms with van der Waals surface area (Å²) >= 11 is 0. The lowest BCUT2D eigenvalue weighted by atomic mass is 9.60. The summed E-state index contributed by atoms with van der Waals surface area (Å²) in [6.45, 7) is 6.67. The van der Waals surface area contributed by atoms with Crippen LogP contribution in [0.4, 0.5) is 10.2 Å². The molecular weight excluding hydrogens is 433 g/mol. The molecule has 1 aromatic heterocycles. The lowest BCUT2D eigenvalue weighted by Crippen LogP contribution is -2.44. The molecule has 1 atom stereocenters. The molecule has 4 rings (SSSR count). The molecule has 2 aliphatic carbocycles. The average Bonchev–Trinajstić information content (AvgIpc) is 2.76. The number of carbonyl (C=O) groups excluding carboxylic acids is 1. The Morgan fingerprint density at radius 2 is 1.97 bits per heavy atom. The van der Waals surface area contributed by atoms with Gasteiger partial charge >= 0.3 is 5.97 Å². The summed E-state index contributed by atoms with van der Waals surface area (Å²) in [4.78, 5) is 27.8. The number of carbonyl (C=O) groups is 2. The molecule has 6 nitrogen and oxygen atoms in total. The van der Waals surface area contributed by atoms with Crippen molar-refractivity contribution in [2.24, 2.45) is 11.3 Å². The van der Waals surface area contributed by atoms with Gasteiger partial charge in [0.2, 0.25) is 5.91 Å². The van der Waals surface area contributed by atoms with Crippen molar-refractivity contribution in [2.75, 3.05) is 11.9 Å². The topological polar surface area (TPSA) is 91.3 Å². The summed E-state index contributed by atoms with van der Waals surface area (Å²) in [7, 11) is 0. The molecule has 1 saturated carbocycles. The highest BCUT2D eigenvalue weighted by atomic mass is 19.1. The van der Waals surface area contributed by atoms with E-state index in [2.05, 4.69) is 24.5 Å². The molecule has 7 heteroatoms. The monoisotopic (exact) mass is 465 g/mol. The quantitative estimate of drug-likeness (QED) is 0.502. The van der Waals surface area contributed by atoms with Gasteiger partial charge in [-0.25, -0.2) is 9.37 Å². The van der Waals surface area contributed by atoms with E-state index < -0.39 is 5.97 Å². The van der Waals surface area contributed by atoms with Crippen LogP contribution in [0.1, 0.15) is 51.5 Å². The third kappa shape index (κ3) is 5.46. The number of rotatable bonds is 8. The van der Waals surface area contributed by atoms with Crippen molar-refractivity contribution >= 4 is 28.6 Å². The molecule has 1 fully saturated rings. The highest BCUT2D eigenvalue weighted by molar-refractivity contribution is 5.94. The zero-order valence-electron chi connectivity index (χ0n) is 20.0. The predicted molar refractivity (Wildman–Crippen MR) is 131 cm³/mol. The lowest BCUT2D eigenvalue weighted by molar-refractivity contribution is -0.136. The molecule has 0 saturated heterocycles. The first-order valence-corrected chi connectivity index (χ1v) is 11.8. The van der Waals surface area contributed by atoms with Crippen LogP contribution in [0.3, 0.4) is 0 Å². The van der Waals surface area contributed by atoms with Gasteiger partial charge in [0.1, 0.15) is 11.6 Å². The van der Waals surface area contributed by atoms with Gasteiger partial charge in [-0.2, -0.15) is 0 Å². The molecule has 0 radical (unpaired) electrons. The number of hydrogen-bond acceptors (Lipinski definition) is 4. The van der Waals surface area contributed by atoms with E-state index in [1.165, 1.54) is 17.7 Å². The van der Waals surface area contributed by atoms with E-state index in [1.807, 2.05) is 25.1 Å². The molecule has 3 N–H and O–H groups in total. The summed E-state index contributed by atoms with van der Waals surface area (Å²) in [5.74, 6) is -0.141. The first-order valence-electron chi connectivity index (χ1n) is 11.8. The number of carboxylic acid groups (broad SMARTS) is 1. The second-order valence-electron chi connectivity index (χ2n) is 10.3. The van der Waals surface area contributed by atoms with E-state index in [9.17, 15) is 14.0 Å². The molecule has 1 unspecified atom stereocenters. The third-order valence-corrected chi connectivity index (χ3v) is 6.86. The van der Waals surface area contributed by atoms with Crippen molar-refractivity contribution in [3.05, 3.63) is 58.9 Å². The number of carboxylic acids is 1. The van der Waals surface area contributed by atoms with Crippen molar-refractivity contribution in [3.8, 4) is 0 Å². The van der Waals surface area contributed by atoms with Crippen LogP contribution < -0.4 is 10.6 Å². The number of benzene rings is 1. The molecule has 2 aromatic rings. The molecule has 2 aliphatic rings. The summed E-state index contributed by atoms with van der Waals surface area (Å²) in [5.41, 5.74) is 3.94. The Morgan fingerprint density at radius 1 is 1.21 bits per heavy atom. The standard InChI is InChI=1S/C27H32FN3O3/c1-16-12-19-13-21(28)8-9-22(19)30-25(16)31-24(20-14-27(2,3)15-20)17-4-6-18(7-5-17)26(34)29-11-10-23(32)33/h4,6,8-9,12-13,20,24H,5,7,10-11,14-15H2,1-3H3,(H,29,34)(H,30,31)(H,32,33). The second-order valence-corrected chi connectivity index (χ2v) is 10.3. The Balaban J connectivity index is 1.55. The van der Waals surface area contributed by atoms with Crippen LogP contribution in [0.2, 0.25) is 0 Å². The van der Waals surface area contributed by atoms with Gasteiger partial charge in [-0.15, -0.1) is 0 Å². The van der Waals surface area contributed by atoms with Gasteiger partial charge in [0, 0.05) is 17.5 Å². The van der Waals surface area contributed by atoms with Crippen LogP contribution in [0.15, 0.2) is 47.6 Å². The van der Waals surface area contributed by atoms with Crippen molar-refractivity contribution in [1.29, 1.82) is 0 Å². The predicted octanol–water partition coefficient (Wildman–Crippen LogP) is 5.14. The Labute approximate surface area is 199 Å². The fourth-order valence-corrected chi connectivity index (χ4v) is 5.15. The number of nitrogens with zero attached hydrogens (tertiary/aromatic N) is 1. The highest BCUT2D eigenvalue weighted by Gasteiger charge is 2.42. The SMILES string of the molecule is Cc1cc2cc(F)ccc2nc1NC(C1=CC=C(C(=O)NCCC(=O)O)CC1)C1CC(C)(C)C1. The van der Waals surface area contributed by atoms with E-state index in [1.54, 1.807) is 6.07 Å². The maximum absolute atomic E-state index is 13.6. The minimum absolute atomic E-state index is 0.0890. The molecule has 1 amide bonds. The highest BCUT2D eigenvalue weighted by Crippen LogP contribution is 2.49. The van der Waals surface area contributed by atoms with Gasteiger partial charge in [0.15, 0.2) is 0 Å². The van der Waals surface area contributed by atoms with Crippen molar-refractivity contribution in [1.82, 2.24) is 10.3 Å². The third-order valence-electron chi connectivity index (χ3n) is 6.86. The lowest BCUT2D eigenvalue weighted by Gasteiger charge is -2.47. The number of pyridine rings is 1. The van der Waals surface area contributed by atoms with Crippen molar-refractivity contribution in [3.63, 3.8) is 0 Å². The Hall–Kier alpha value is -3.22. The zero-order chi connectivity index (χ0) is 24.5. The number of halogens is 1. The Morgan fingerprint density at radius 3 is 2.62 bits per heavy atom. The Bertz CT molecular complexity index is 1180. The summed E-state index contributed by atoms with van der Waals surface area (Å²) in [6, 6.07) is 6.70. The van der Waals surface area contributed by atoms with Crippen molar-refractivity contribution < 1.29 is 19.1 Å². The normalized spacial score (nSPS) is 18.5. The molecule has 0 bridgehead atoms. The number of anilines is 1. The maximum Gasteiger partial charge on any atom is 0.305 e. The largest absolute Gasteiger partial charge is 0.481 e. The van der Waals surface area contributed by atoms with Crippen LogP contribution in [0.5, 0.6) is 0 Å². The van der Waals surface area contributed by atoms with Crippen molar-refractivity contribution in [2.45, 2.75) is 58.9 Å². The minimum Gasteiger partial charge on any atom is -0.481 e. The van der Waals surface area contributed by atoms with Gasteiger partial charge in [0.25, 0.3) is 0 Å². The maximum atomic E-state index is 13.6. The van der Waals surface area contributed by atoms with Crippen LogP contribution in [0.25, 0.3) is 10.9 Å². The van der Waals surface area contributed by atoms with Gasteiger partial charge in [-0.05, 0) is 79.3 Å². The van der Waals surface area contributed by atoms with Crippen LogP contribution in [-0.4, -0.2) is 34.6 Å². The molecule has 1 heterocycles. The number of aryl methyl sites for hydroxylation is 1. The number of amides is 1. The van der Waals surface area contributed by atoms with Gasteiger partial charge in [-0.1, -0.05) is 26.0 Å². The summed E-state index contributed by atoms with van der Waals surface area (Å²) in [5, 5.41) is 15.9. The fraction of sp³-hybridized carbons (Fsp3) is 0.444. The number of allylic oxidation sites excluding steroid dienone is 2. The van der Waals surface area contributed by atoms with E-state index in [0.29, 0.717) is 23.3 Å². The number of hydrogen-bond donors (Lipinski definition) is 3. The van der Waals surface area contributed by atoms with Crippen LogP contribution in [-0.2, 0) is 9.59 Å². The molecule has 1 aromatic carbocycles. The number of nitrogens with one attached hydrogen (secondary N) is 2. The summed E-state index contributed by atoms with van der Waals surface area (Å²) in [6.07, 6.45) is 7.38. The van der Waals surface area contributed by atoms with Gasteiger partial charge in [0.05, 0.1) is 18.0 Å². The van der Waals surface area contributed by atoms with Gasteiger partial charge in [-0.3, -0.25) is 9.59 Å². The molecule has 34 heavy (non-hydrogen) atoms. The van der Waals surface area contributed by atoms with Crippen LogP contribution in [0, 0.1) is 24.1 Å². The number of aliphatic carboxylic acids is 1. The van der Waals surface area contributed by atoms with Crippen LogP contribution >= 0.6 is 0 Å². The van der Waals surface area contributed by atoms with E-state index in [-0.39, 0.29) is 30.7 Å². The van der Waals surface area contributed by atoms with Gasteiger partial charge < -0.3 is 15.7 Å².